The molecule has 5 aromatic carbocycles. The minimum Gasteiger partial charge on any atom is -0.307 e. The molecule has 0 unspecified atom stereocenters. The molecule has 0 N–H and O–H groups in total. The third kappa shape index (κ3) is 2.82. The van der Waals surface area contributed by atoms with Gasteiger partial charge in [-0.3, -0.25) is 4.98 Å². The van der Waals surface area contributed by atoms with Crippen LogP contribution in [0.25, 0.3) is 75.4 Å². The zero-order valence-corrected chi connectivity index (χ0v) is 21.6. The van der Waals surface area contributed by atoms with Gasteiger partial charge in [-0.15, -0.1) is 11.3 Å². The SMILES string of the molecule is c1ccc(-n2c3ccccc3c3ccc4c5ccccc5n(-c5ccc6c(c5)sc5nccnc56)c4c32)cc1. The minimum atomic E-state index is 0.970. The standard InChI is InChI=1S/C34H20N4S/c1-2-8-21(9-3-1)37-28-12-6-4-10-23(28)25-16-17-26-24-11-5-7-13-29(24)38(33(26)32(25)37)22-14-15-27-30(20-22)39-34-31(27)35-18-19-36-34/h1-20H. The molecule has 0 saturated carbocycles. The van der Waals surface area contributed by atoms with Crippen LogP contribution >= 0.6 is 11.3 Å². The predicted molar refractivity (Wildman–Crippen MR) is 164 cm³/mol. The lowest BCUT2D eigenvalue weighted by Gasteiger charge is -2.12. The highest BCUT2D eigenvalue weighted by atomic mass is 32.1. The number of para-hydroxylation sites is 3. The molecule has 0 saturated heterocycles. The molecule has 9 rings (SSSR count). The summed E-state index contributed by atoms with van der Waals surface area (Å²) in [7, 11) is 0. The first-order chi connectivity index (χ1) is 19.4. The number of thiophene rings is 1. The number of aromatic nitrogens is 4. The van der Waals surface area contributed by atoms with E-state index >= 15 is 0 Å². The largest absolute Gasteiger partial charge is 0.307 e. The maximum Gasteiger partial charge on any atom is 0.143 e. The van der Waals surface area contributed by atoms with Crippen LogP contribution in [0.5, 0.6) is 0 Å². The summed E-state index contributed by atoms with van der Waals surface area (Å²) in [6.45, 7) is 0. The van der Waals surface area contributed by atoms with Gasteiger partial charge in [-0.2, -0.15) is 0 Å². The van der Waals surface area contributed by atoms with Gasteiger partial charge < -0.3 is 9.13 Å². The highest BCUT2D eigenvalue weighted by molar-refractivity contribution is 7.25. The van der Waals surface area contributed by atoms with Crippen molar-refractivity contribution in [2.24, 2.45) is 0 Å². The molecule has 4 heterocycles. The molecule has 0 spiro atoms. The third-order valence-corrected chi connectivity index (χ3v) is 8.88. The highest BCUT2D eigenvalue weighted by Gasteiger charge is 2.21. The molecule has 0 amide bonds. The summed E-state index contributed by atoms with van der Waals surface area (Å²) in [6.07, 6.45) is 3.54. The van der Waals surface area contributed by atoms with Crippen LogP contribution in [0.4, 0.5) is 0 Å². The third-order valence-electron chi connectivity index (χ3n) is 7.83. The lowest BCUT2D eigenvalue weighted by atomic mass is 10.1. The molecule has 0 radical (unpaired) electrons. The van der Waals surface area contributed by atoms with E-state index in [0.29, 0.717) is 0 Å². The second-order valence-corrected chi connectivity index (χ2v) is 10.9. The molecule has 182 valence electrons. The Balaban J connectivity index is 1.50. The quantitative estimate of drug-likeness (QED) is 0.230. The van der Waals surface area contributed by atoms with Crippen molar-refractivity contribution in [2.75, 3.05) is 0 Å². The van der Waals surface area contributed by atoms with Crippen LogP contribution in [-0.4, -0.2) is 19.1 Å². The summed E-state index contributed by atoms with van der Waals surface area (Å²) >= 11 is 1.70. The maximum absolute atomic E-state index is 4.61. The molecule has 0 aliphatic rings. The predicted octanol–water partition coefficient (Wildman–Crippen LogP) is 9.04. The Morgan fingerprint density at radius 2 is 1.08 bits per heavy atom. The second-order valence-electron chi connectivity index (χ2n) is 9.89. The van der Waals surface area contributed by atoms with E-state index in [1.807, 2.05) is 0 Å². The Labute approximate surface area is 227 Å². The summed E-state index contributed by atoms with van der Waals surface area (Å²) in [5, 5.41) is 6.16. The molecule has 4 aromatic heterocycles. The van der Waals surface area contributed by atoms with Crippen molar-refractivity contribution in [3.05, 3.63) is 122 Å². The molecule has 0 fully saturated rings. The van der Waals surface area contributed by atoms with Gasteiger partial charge in [0, 0.05) is 55.4 Å². The van der Waals surface area contributed by atoms with Crippen molar-refractivity contribution in [1.82, 2.24) is 19.1 Å². The van der Waals surface area contributed by atoms with Gasteiger partial charge in [0.25, 0.3) is 0 Å². The topological polar surface area (TPSA) is 35.6 Å². The molecule has 0 atom stereocenters. The summed E-state index contributed by atoms with van der Waals surface area (Å²) in [6, 6.07) is 39.5. The number of hydrogen-bond acceptors (Lipinski definition) is 3. The van der Waals surface area contributed by atoms with Gasteiger partial charge in [-0.1, -0.05) is 66.7 Å². The van der Waals surface area contributed by atoms with Crippen LogP contribution in [0.2, 0.25) is 0 Å². The van der Waals surface area contributed by atoms with Crippen LogP contribution in [-0.2, 0) is 0 Å². The van der Waals surface area contributed by atoms with E-state index in [0.717, 1.165) is 27.1 Å². The Kier molecular flexibility index (Phi) is 4.18. The molecule has 5 heteroatoms. The zero-order chi connectivity index (χ0) is 25.5. The molecule has 39 heavy (non-hydrogen) atoms. The Bertz CT molecular complexity index is 2390. The molecular formula is C34H20N4S. The van der Waals surface area contributed by atoms with E-state index in [-0.39, 0.29) is 0 Å². The molecule has 0 aliphatic carbocycles. The fraction of sp³-hybridized carbons (Fsp3) is 0. The monoisotopic (exact) mass is 516 g/mol. The summed E-state index contributed by atoms with van der Waals surface area (Å²) < 4.78 is 6.06. The van der Waals surface area contributed by atoms with Crippen LogP contribution < -0.4 is 0 Å². The van der Waals surface area contributed by atoms with E-state index in [1.165, 1.54) is 48.3 Å². The maximum atomic E-state index is 4.61. The van der Waals surface area contributed by atoms with E-state index in [9.17, 15) is 0 Å². The van der Waals surface area contributed by atoms with Gasteiger partial charge in [0.05, 0.1) is 22.1 Å². The van der Waals surface area contributed by atoms with Crippen molar-refractivity contribution < 1.29 is 0 Å². The van der Waals surface area contributed by atoms with Crippen molar-refractivity contribution in [1.29, 1.82) is 0 Å². The van der Waals surface area contributed by atoms with Gasteiger partial charge >= 0.3 is 0 Å². The second kappa shape index (κ2) is 7.76. The van der Waals surface area contributed by atoms with Gasteiger partial charge in [0.15, 0.2) is 0 Å². The van der Waals surface area contributed by atoms with Gasteiger partial charge in [-0.05, 0) is 42.5 Å². The molecular weight excluding hydrogens is 496 g/mol. The van der Waals surface area contributed by atoms with Crippen LogP contribution in [0.1, 0.15) is 0 Å². The highest BCUT2D eigenvalue weighted by Crippen LogP contribution is 2.42. The summed E-state index contributed by atoms with van der Waals surface area (Å²) in [5.74, 6) is 0. The van der Waals surface area contributed by atoms with Crippen molar-refractivity contribution in [2.45, 2.75) is 0 Å². The van der Waals surface area contributed by atoms with E-state index in [2.05, 4.69) is 128 Å². The van der Waals surface area contributed by atoms with Crippen LogP contribution in [0.3, 0.4) is 0 Å². The minimum absolute atomic E-state index is 0.970. The van der Waals surface area contributed by atoms with E-state index in [1.54, 1.807) is 23.7 Å². The molecule has 0 bridgehead atoms. The number of nitrogens with zero attached hydrogens (tertiary/aromatic N) is 4. The summed E-state index contributed by atoms with van der Waals surface area (Å²) in [4.78, 5) is 10.1. The molecule has 0 aliphatic heterocycles. The normalized spacial score (nSPS) is 12.1. The first-order valence-corrected chi connectivity index (χ1v) is 13.8. The molecule has 4 nitrogen and oxygen atoms in total. The first-order valence-electron chi connectivity index (χ1n) is 13.0. The average molecular weight is 517 g/mol. The number of fused-ring (bicyclic) bond motifs is 10. The Morgan fingerprint density at radius 1 is 0.487 bits per heavy atom. The fourth-order valence-electron chi connectivity index (χ4n) is 6.23. The van der Waals surface area contributed by atoms with Crippen molar-refractivity contribution >= 4 is 75.4 Å². The van der Waals surface area contributed by atoms with Gasteiger partial charge in [0.1, 0.15) is 10.3 Å². The van der Waals surface area contributed by atoms with E-state index in [4.69, 9.17) is 0 Å². The number of benzene rings is 5. The summed E-state index contributed by atoms with van der Waals surface area (Å²) in [5.41, 5.74) is 8.10. The number of rotatable bonds is 2. The lowest BCUT2D eigenvalue weighted by Crippen LogP contribution is -1.98. The zero-order valence-electron chi connectivity index (χ0n) is 20.7. The number of hydrogen-bond donors (Lipinski definition) is 0. The average Bonchev–Trinajstić information content (AvgIpc) is 3.65. The first kappa shape index (κ1) is 21.0. The van der Waals surface area contributed by atoms with Crippen LogP contribution in [0.15, 0.2) is 122 Å². The van der Waals surface area contributed by atoms with Crippen LogP contribution in [0, 0.1) is 0 Å². The van der Waals surface area contributed by atoms with Gasteiger partial charge in [0.2, 0.25) is 0 Å². The fourth-order valence-corrected chi connectivity index (χ4v) is 7.27. The Hall–Kier alpha value is -5.00. The lowest BCUT2D eigenvalue weighted by molar-refractivity contribution is 1.15. The van der Waals surface area contributed by atoms with Crippen molar-refractivity contribution in [3.8, 4) is 11.4 Å². The Morgan fingerprint density at radius 3 is 1.79 bits per heavy atom. The smallest absolute Gasteiger partial charge is 0.143 e. The molecule has 9 aromatic rings. The van der Waals surface area contributed by atoms with E-state index < -0.39 is 0 Å². The van der Waals surface area contributed by atoms with Crippen molar-refractivity contribution in [3.63, 3.8) is 0 Å². The van der Waals surface area contributed by atoms with Gasteiger partial charge in [-0.25, -0.2) is 4.98 Å².